The van der Waals surface area contributed by atoms with E-state index in [-0.39, 0.29) is 11.9 Å². The van der Waals surface area contributed by atoms with Crippen molar-refractivity contribution in [3.8, 4) is 0 Å². The van der Waals surface area contributed by atoms with Gasteiger partial charge in [-0.3, -0.25) is 15.1 Å². The largest absolute Gasteiger partial charge is 0.344 e. The number of carbonyl (C=O) groups is 1. The predicted molar refractivity (Wildman–Crippen MR) is 72.3 cm³/mol. The molecule has 1 amide bonds. The normalized spacial score (nSPS) is 31.7. The lowest BCUT2D eigenvalue weighted by Gasteiger charge is -2.25. The highest BCUT2D eigenvalue weighted by atomic mass is 32.2. The topological polar surface area (TPSA) is 53.5 Å². The Balaban J connectivity index is 1.92. The Bertz CT molecular complexity index is 311. The van der Waals surface area contributed by atoms with Crippen molar-refractivity contribution in [1.29, 1.82) is 0 Å². The van der Waals surface area contributed by atoms with E-state index >= 15 is 0 Å². The summed E-state index contributed by atoms with van der Waals surface area (Å²) in [7, 11) is 0. The fourth-order valence-corrected chi connectivity index (χ4v) is 3.36. The quantitative estimate of drug-likeness (QED) is 0.797. The van der Waals surface area contributed by atoms with Crippen LogP contribution in [0.25, 0.3) is 0 Å². The van der Waals surface area contributed by atoms with E-state index in [2.05, 4.69) is 29.5 Å². The summed E-state index contributed by atoms with van der Waals surface area (Å²) in [5, 5.41) is 6.09. The lowest BCUT2D eigenvalue weighted by atomic mass is 9.96. The highest BCUT2D eigenvalue weighted by Crippen LogP contribution is 2.26. The van der Waals surface area contributed by atoms with Gasteiger partial charge in [0, 0.05) is 6.54 Å². The first-order valence-electron chi connectivity index (χ1n) is 6.36. The van der Waals surface area contributed by atoms with Crippen molar-refractivity contribution in [2.45, 2.75) is 32.7 Å². The van der Waals surface area contributed by atoms with Crippen molar-refractivity contribution >= 4 is 23.6 Å². The molecule has 0 spiro atoms. The second-order valence-corrected chi connectivity index (χ2v) is 6.32. The van der Waals surface area contributed by atoms with Gasteiger partial charge in [-0.25, -0.2) is 0 Å². The molecule has 2 aliphatic heterocycles. The average Bonchev–Trinajstić information content (AvgIpc) is 2.69. The Hall–Kier alpha value is -0.710. The monoisotopic (exact) mass is 255 g/mol. The first-order valence-corrected chi connectivity index (χ1v) is 7.52. The maximum absolute atomic E-state index is 11.9. The number of carbonyl (C=O) groups excluding carboxylic acids is 1. The van der Waals surface area contributed by atoms with Gasteiger partial charge in [-0.1, -0.05) is 13.8 Å². The highest BCUT2D eigenvalue weighted by Gasteiger charge is 2.35. The van der Waals surface area contributed by atoms with Crippen LogP contribution in [0.2, 0.25) is 0 Å². The van der Waals surface area contributed by atoms with Crippen LogP contribution >= 0.6 is 11.8 Å². The Labute approximate surface area is 107 Å². The molecule has 4 nitrogen and oxygen atoms in total. The number of thioether (sulfide) groups is 1. The van der Waals surface area contributed by atoms with Gasteiger partial charge in [-0.2, -0.15) is 11.8 Å². The van der Waals surface area contributed by atoms with Gasteiger partial charge in [0.1, 0.15) is 6.04 Å². The van der Waals surface area contributed by atoms with E-state index in [1.54, 1.807) is 0 Å². The number of hydrogen-bond donors (Lipinski definition) is 2. The standard InChI is InChI=1S/C12H21N3OS/c1-8(2)6-13-12-14-10(11(16)15-12)9-4-3-5-17-7-9/h8-10H,3-7H2,1-2H3,(H2,13,14,15,16). The predicted octanol–water partition coefficient (Wildman–Crippen LogP) is 1.23. The second kappa shape index (κ2) is 5.76. The molecule has 2 aliphatic rings. The molecule has 2 heterocycles. The van der Waals surface area contributed by atoms with Crippen molar-refractivity contribution in [2.24, 2.45) is 16.8 Å². The van der Waals surface area contributed by atoms with E-state index in [9.17, 15) is 4.79 Å². The first-order chi connectivity index (χ1) is 8.16. The van der Waals surface area contributed by atoms with Gasteiger partial charge in [0.05, 0.1) is 0 Å². The molecule has 0 aromatic rings. The van der Waals surface area contributed by atoms with Gasteiger partial charge in [0.2, 0.25) is 5.91 Å². The molecule has 2 unspecified atom stereocenters. The highest BCUT2D eigenvalue weighted by molar-refractivity contribution is 7.99. The molecule has 0 saturated carbocycles. The van der Waals surface area contributed by atoms with Crippen LogP contribution in [-0.2, 0) is 4.79 Å². The van der Waals surface area contributed by atoms with E-state index in [0.717, 1.165) is 18.7 Å². The van der Waals surface area contributed by atoms with Crippen LogP contribution in [0.1, 0.15) is 26.7 Å². The van der Waals surface area contributed by atoms with E-state index in [1.165, 1.54) is 12.2 Å². The van der Waals surface area contributed by atoms with Crippen molar-refractivity contribution in [1.82, 2.24) is 10.6 Å². The van der Waals surface area contributed by atoms with Crippen LogP contribution < -0.4 is 10.6 Å². The summed E-state index contributed by atoms with van der Waals surface area (Å²) in [5.74, 6) is 4.07. The molecule has 96 valence electrons. The zero-order chi connectivity index (χ0) is 12.3. The third-order valence-corrected chi connectivity index (χ3v) is 4.34. The fraction of sp³-hybridized carbons (Fsp3) is 0.833. The zero-order valence-corrected chi connectivity index (χ0v) is 11.3. The summed E-state index contributed by atoms with van der Waals surface area (Å²) in [5.41, 5.74) is 0. The number of nitrogens with zero attached hydrogens (tertiary/aromatic N) is 1. The maximum Gasteiger partial charge on any atom is 0.249 e. The Kier molecular flexibility index (Phi) is 4.31. The van der Waals surface area contributed by atoms with E-state index in [4.69, 9.17) is 0 Å². The molecular formula is C12H21N3OS. The van der Waals surface area contributed by atoms with Crippen molar-refractivity contribution in [2.75, 3.05) is 18.1 Å². The molecule has 2 atom stereocenters. The molecule has 0 aromatic heterocycles. The van der Waals surface area contributed by atoms with Crippen molar-refractivity contribution in [3.63, 3.8) is 0 Å². The molecule has 2 saturated heterocycles. The van der Waals surface area contributed by atoms with Crippen LogP contribution in [0.15, 0.2) is 4.99 Å². The van der Waals surface area contributed by atoms with Crippen LogP contribution in [0.4, 0.5) is 0 Å². The molecule has 2 rings (SSSR count). The summed E-state index contributed by atoms with van der Waals surface area (Å²) in [6.07, 6.45) is 2.37. The van der Waals surface area contributed by atoms with Crippen molar-refractivity contribution in [3.05, 3.63) is 0 Å². The third-order valence-electron chi connectivity index (χ3n) is 3.10. The summed E-state index contributed by atoms with van der Waals surface area (Å²) in [4.78, 5) is 16.2. The fourth-order valence-electron chi connectivity index (χ4n) is 2.16. The van der Waals surface area contributed by atoms with Crippen molar-refractivity contribution < 1.29 is 4.79 Å². The van der Waals surface area contributed by atoms with E-state index in [0.29, 0.717) is 17.8 Å². The van der Waals surface area contributed by atoms with Gasteiger partial charge >= 0.3 is 0 Å². The minimum Gasteiger partial charge on any atom is -0.344 e. The number of nitrogens with one attached hydrogen (secondary N) is 2. The molecule has 2 fully saturated rings. The summed E-state index contributed by atoms with van der Waals surface area (Å²) < 4.78 is 0. The average molecular weight is 255 g/mol. The summed E-state index contributed by atoms with van der Waals surface area (Å²) in [6.45, 7) is 5.00. The smallest absolute Gasteiger partial charge is 0.249 e. The van der Waals surface area contributed by atoms with Gasteiger partial charge in [-0.05, 0) is 36.2 Å². The van der Waals surface area contributed by atoms with Gasteiger partial charge < -0.3 is 5.32 Å². The van der Waals surface area contributed by atoms with Gasteiger partial charge in [0.15, 0.2) is 5.96 Å². The molecule has 0 aromatic carbocycles. The maximum atomic E-state index is 11.9. The summed E-state index contributed by atoms with van der Waals surface area (Å²) >= 11 is 1.95. The minimum absolute atomic E-state index is 0.0614. The molecule has 0 bridgehead atoms. The molecule has 17 heavy (non-hydrogen) atoms. The lowest BCUT2D eigenvalue weighted by molar-refractivity contribution is -0.121. The molecule has 5 heteroatoms. The number of amides is 1. The van der Waals surface area contributed by atoms with Crippen LogP contribution in [0.5, 0.6) is 0 Å². The Morgan fingerprint density at radius 3 is 3.00 bits per heavy atom. The first kappa shape index (κ1) is 12.7. The van der Waals surface area contributed by atoms with Gasteiger partial charge in [0.25, 0.3) is 0 Å². The molecule has 0 radical (unpaired) electrons. The molecule has 2 N–H and O–H groups in total. The zero-order valence-electron chi connectivity index (χ0n) is 10.5. The number of rotatable bonds is 3. The number of guanidine groups is 1. The SMILES string of the molecule is CC(C)CN=C1NC(=O)C(C2CCCSC2)N1. The Morgan fingerprint density at radius 2 is 2.35 bits per heavy atom. The van der Waals surface area contributed by atoms with Crippen LogP contribution in [-0.4, -0.2) is 36.0 Å². The van der Waals surface area contributed by atoms with E-state index < -0.39 is 0 Å². The van der Waals surface area contributed by atoms with Gasteiger partial charge in [-0.15, -0.1) is 0 Å². The molecule has 0 aliphatic carbocycles. The third kappa shape index (κ3) is 3.37. The lowest BCUT2D eigenvalue weighted by Crippen LogP contribution is -2.39. The number of hydrogen-bond acceptors (Lipinski definition) is 3. The van der Waals surface area contributed by atoms with Crippen LogP contribution in [0.3, 0.4) is 0 Å². The summed E-state index contributed by atoms with van der Waals surface area (Å²) in [6, 6.07) is -0.0614. The van der Waals surface area contributed by atoms with Crippen LogP contribution in [0, 0.1) is 11.8 Å². The minimum atomic E-state index is -0.0614. The second-order valence-electron chi connectivity index (χ2n) is 5.17. The molecular weight excluding hydrogens is 234 g/mol. The number of aliphatic imine (C=N–C) groups is 1. The van der Waals surface area contributed by atoms with E-state index in [1.807, 2.05) is 11.8 Å². The Morgan fingerprint density at radius 1 is 1.53 bits per heavy atom.